The number of fused-ring (bicyclic) bond motifs is 1. The van der Waals surface area contributed by atoms with Crippen LogP contribution in [0.5, 0.6) is 0 Å². The molecule has 4 aliphatic rings. The number of rotatable bonds is 14. The van der Waals surface area contributed by atoms with Crippen LogP contribution in [0, 0.1) is 0 Å². The third-order valence-electron chi connectivity index (χ3n) is 8.62. The van der Waals surface area contributed by atoms with Gasteiger partial charge in [-0.25, -0.2) is 0 Å². The summed E-state index contributed by atoms with van der Waals surface area (Å²) in [5.41, 5.74) is -0.536. The first-order valence-corrected chi connectivity index (χ1v) is 15.3. The second kappa shape index (κ2) is 15.7. The first-order chi connectivity index (χ1) is 21.4. The Bertz CT molecular complexity index is 1030. The van der Waals surface area contributed by atoms with Crippen molar-refractivity contribution in [2.75, 3.05) is 61.5 Å². The van der Waals surface area contributed by atoms with Crippen molar-refractivity contribution < 1.29 is 56.9 Å². The second-order valence-electron chi connectivity index (χ2n) is 11.7. The Balaban J connectivity index is 1.54. The summed E-state index contributed by atoms with van der Waals surface area (Å²) in [4.78, 5) is 12.9. The fourth-order valence-corrected chi connectivity index (χ4v) is 6.82. The quantitative estimate of drug-likeness (QED) is 0.241. The second-order valence-corrected chi connectivity index (χ2v) is 11.7. The molecule has 8 atom stereocenters. The predicted molar refractivity (Wildman–Crippen MR) is 153 cm³/mol. The van der Waals surface area contributed by atoms with Gasteiger partial charge >= 0.3 is 0 Å². The molecule has 13 nitrogen and oxygen atoms in total. The van der Waals surface area contributed by atoms with Crippen LogP contribution >= 0.6 is 0 Å². The lowest BCUT2D eigenvalue weighted by atomic mass is 9.77. The number of nitrogens with one attached hydrogen (secondary N) is 1. The zero-order valence-corrected chi connectivity index (χ0v) is 26.1. The predicted octanol–water partition coefficient (Wildman–Crippen LogP) is 2.42. The molecule has 3 aliphatic heterocycles. The zero-order chi connectivity index (χ0) is 31.0. The van der Waals surface area contributed by atoms with Crippen LogP contribution in [-0.2, 0) is 56.9 Å². The number of benzene rings is 1. The van der Waals surface area contributed by atoms with E-state index in [2.05, 4.69) is 5.32 Å². The third-order valence-corrected chi connectivity index (χ3v) is 8.62. The van der Waals surface area contributed by atoms with Crippen molar-refractivity contribution in [1.82, 2.24) is 5.32 Å². The lowest BCUT2D eigenvalue weighted by Gasteiger charge is -2.57. The first kappa shape index (κ1) is 33.6. The van der Waals surface area contributed by atoms with Crippen LogP contribution in [0.25, 0.3) is 0 Å². The number of hydrogen-bond acceptors (Lipinski definition) is 12. The summed E-state index contributed by atoms with van der Waals surface area (Å²) in [6, 6.07) is 8.78. The van der Waals surface area contributed by atoms with Gasteiger partial charge in [0.2, 0.25) is 5.91 Å². The van der Waals surface area contributed by atoms with E-state index in [0.717, 1.165) is 37.7 Å². The molecule has 3 heterocycles. The van der Waals surface area contributed by atoms with Crippen molar-refractivity contribution in [3.05, 3.63) is 35.9 Å². The Kier molecular flexibility index (Phi) is 12.0. The van der Waals surface area contributed by atoms with Gasteiger partial charge in [-0.2, -0.15) is 0 Å². The van der Waals surface area contributed by atoms with Crippen molar-refractivity contribution in [2.24, 2.45) is 0 Å². The summed E-state index contributed by atoms with van der Waals surface area (Å²) < 4.78 is 67.5. The highest BCUT2D eigenvalue weighted by Crippen LogP contribution is 2.46. The molecule has 13 heteroatoms. The Hall–Kier alpha value is -1.75. The van der Waals surface area contributed by atoms with Crippen LogP contribution in [0.15, 0.2) is 30.3 Å². The molecular formula is C31H47NO12. The maximum Gasteiger partial charge on any atom is 0.217 e. The molecule has 1 saturated carbocycles. The summed E-state index contributed by atoms with van der Waals surface area (Å²) in [5, 5.41) is 3.09. The summed E-state index contributed by atoms with van der Waals surface area (Å²) in [7, 11) is 4.61. The molecule has 248 valence electrons. The molecule has 1 aromatic rings. The highest BCUT2D eigenvalue weighted by atomic mass is 16.8. The molecule has 1 aliphatic carbocycles. The monoisotopic (exact) mass is 625 g/mol. The number of ether oxygens (including phenoxy) is 11. The minimum Gasteiger partial charge on any atom is -0.359 e. The van der Waals surface area contributed by atoms with Crippen LogP contribution in [-0.4, -0.2) is 115 Å². The SMILES string of the molecule is COCOC[C@@]1([C@H](OCOC)[C@H]2COC3(CCCCC3)O2)O[C@@H]2CO[C@@H](c3ccccc3)O[C@H]2[C@H](OCOC)[C@H]1NC(C)=O. The Morgan fingerprint density at radius 3 is 2.43 bits per heavy atom. The van der Waals surface area contributed by atoms with E-state index in [-0.39, 0.29) is 46.1 Å². The van der Waals surface area contributed by atoms with Crippen molar-refractivity contribution in [3.8, 4) is 0 Å². The molecule has 1 N–H and O–H groups in total. The topological polar surface area (TPSA) is 131 Å². The molecule has 4 fully saturated rings. The first-order valence-electron chi connectivity index (χ1n) is 15.3. The summed E-state index contributed by atoms with van der Waals surface area (Å²) >= 11 is 0. The summed E-state index contributed by atoms with van der Waals surface area (Å²) in [6.07, 6.45) is 0.615. The number of carbonyl (C=O) groups excluding carboxylic acids is 1. The molecule has 3 saturated heterocycles. The van der Waals surface area contributed by atoms with Crippen LogP contribution in [0.3, 0.4) is 0 Å². The minimum absolute atomic E-state index is 0.0262. The Labute approximate surface area is 258 Å². The van der Waals surface area contributed by atoms with Gasteiger partial charge in [0.05, 0.1) is 25.9 Å². The van der Waals surface area contributed by atoms with Crippen LogP contribution in [0.4, 0.5) is 0 Å². The summed E-state index contributed by atoms with van der Waals surface area (Å²) in [5.74, 6) is -0.998. The number of amides is 1. The third kappa shape index (κ3) is 7.45. The fourth-order valence-electron chi connectivity index (χ4n) is 6.82. The van der Waals surface area contributed by atoms with E-state index in [9.17, 15) is 4.79 Å². The molecule has 1 amide bonds. The van der Waals surface area contributed by atoms with E-state index in [1.54, 1.807) is 7.11 Å². The molecular weight excluding hydrogens is 578 g/mol. The number of methoxy groups -OCH3 is 3. The molecule has 0 unspecified atom stereocenters. The molecule has 0 radical (unpaired) electrons. The largest absolute Gasteiger partial charge is 0.359 e. The van der Waals surface area contributed by atoms with E-state index in [1.807, 2.05) is 30.3 Å². The van der Waals surface area contributed by atoms with Crippen LogP contribution in [0.2, 0.25) is 0 Å². The Morgan fingerprint density at radius 1 is 0.977 bits per heavy atom. The minimum atomic E-state index is -1.39. The van der Waals surface area contributed by atoms with Gasteiger partial charge in [-0.1, -0.05) is 36.8 Å². The normalized spacial score (nSPS) is 34.0. The van der Waals surface area contributed by atoms with E-state index in [4.69, 9.17) is 52.1 Å². The van der Waals surface area contributed by atoms with Crippen LogP contribution in [0.1, 0.15) is 50.9 Å². The van der Waals surface area contributed by atoms with Crippen molar-refractivity contribution in [3.63, 3.8) is 0 Å². The molecule has 5 rings (SSSR count). The van der Waals surface area contributed by atoms with Gasteiger partial charge in [0, 0.05) is 46.7 Å². The van der Waals surface area contributed by atoms with E-state index in [0.29, 0.717) is 0 Å². The lowest BCUT2D eigenvalue weighted by Crippen LogP contribution is -2.78. The summed E-state index contributed by atoms with van der Waals surface area (Å²) in [6.45, 7) is 1.67. The zero-order valence-electron chi connectivity index (χ0n) is 26.1. The van der Waals surface area contributed by atoms with Gasteiger partial charge in [0.1, 0.15) is 56.5 Å². The van der Waals surface area contributed by atoms with Gasteiger partial charge in [-0.3, -0.25) is 4.79 Å². The van der Waals surface area contributed by atoms with Crippen molar-refractivity contribution >= 4 is 5.91 Å². The fraction of sp³-hybridized carbons (Fsp3) is 0.774. The van der Waals surface area contributed by atoms with Gasteiger partial charge in [0.25, 0.3) is 0 Å². The highest BCUT2D eigenvalue weighted by molar-refractivity contribution is 5.73. The molecule has 0 bridgehead atoms. The molecule has 44 heavy (non-hydrogen) atoms. The van der Waals surface area contributed by atoms with E-state index in [1.165, 1.54) is 21.1 Å². The highest BCUT2D eigenvalue weighted by Gasteiger charge is 2.64. The van der Waals surface area contributed by atoms with Crippen molar-refractivity contribution in [1.29, 1.82) is 0 Å². The van der Waals surface area contributed by atoms with Gasteiger partial charge < -0.3 is 57.4 Å². The molecule has 1 spiro atoms. The molecule has 1 aromatic carbocycles. The van der Waals surface area contributed by atoms with Gasteiger partial charge in [-0.15, -0.1) is 0 Å². The number of hydrogen-bond donors (Lipinski definition) is 1. The lowest BCUT2D eigenvalue weighted by molar-refractivity contribution is -0.368. The number of carbonyl (C=O) groups is 1. The maximum absolute atomic E-state index is 12.9. The standard InChI is InChI=1S/C31H47NO12/c1-21(33)32-27-26(39-19-35-3)25-23(15-38-29(42-25)22-11-7-5-8-12-22)44-31(27,17-37-18-34-2)28(40-20-36-4)24-16-41-30(43-24)13-9-6-10-14-30/h5,7-8,11-12,23-29H,6,9-10,13-20H2,1-4H3,(H,32,33)/t23-,24-,25-,26+,27-,28-,29-,31-/m1/s1. The van der Waals surface area contributed by atoms with Gasteiger partial charge in [0.15, 0.2) is 12.1 Å². The van der Waals surface area contributed by atoms with Crippen LogP contribution < -0.4 is 5.32 Å². The Morgan fingerprint density at radius 2 is 1.73 bits per heavy atom. The van der Waals surface area contributed by atoms with E-state index < -0.39 is 54.2 Å². The average Bonchev–Trinajstić information content (AvgIpc) is 3.43. The smallest absolute Gasteiger partial charge is 0.217 e. The van der Waals surface area contributed by atoms with E-state index >= 15 is 0 Å². The van der Waals surface area contributed by atoms with Gasteiger partial charge in [-0.05, 0) is 12.8 Å². The molecule has 0 aromatic heterocycles. The average molecular weight is 626 g/mol. The van der Waals surface area contributed by atoms with Crippen molar-refractivity contribution in [2.45, 2.75) is 93.3 Å². The maximum atomic E-state index is 12.9.